The second kappa shape index (κ2) is 10.4. The van der Waals surface area contributed by atoms with Gasteiger partial charge in [-0.15, -0.1) is 0 Å². The lowest BCUT2D eigenvalue weighted by Gasteiger charge is -2.10. The van der Waals surface area contributed by atoms with E-state index in [2.05, 4.69) is 100 Å². The van der Waals surface area contributed by atoms with Crippen LogP contribution in [-0.4, -0.2) is 0 Å². The molecule has 4 aromatic rings. The molecule has 0 spiro atoms. The molecular formula is C31H32O2. The average molecular weight is 437 g/mol. The van der Waals surface area contributed by atoms with E-state index in [0.717, 1.165) is 42.3 Å². The Balaban J connectivity index is 1.25. The van der Waals surface area contributed by atoms with Crippen molar-refractivity contribution in [3.63, 3.8) is 0 Å². The molecule has 0 N–H and O–H groups in total. The highest BCUT2D eigenvalue weighted by Crippen LogP contribution is 2.26. The minimum absolute atomic E-state index is 0.876. The summed E-state index contributed by atoms with van der Waals surface area (Å²) in [5.41, 5.74) is 7.71. The third-order valence-electron chi connectivity index (χ3n) is 6.21. The van der Waals surface area contributed by atoms with Crippen LogP contribution in [0.25, 0.3) is 0 Å². The molecule has 2 nitrogen and oxygen atoms in total. The van der Waals surface area contributed by atoms with Crippen LogP contribution in [0.1, 0.15) is 39.8 Å². The summed E-state index contributed by atoms with van der Waals surface area (Å²) in [7, 11) is 0. The Labute approximate surface area is 197 Å². The smallest absolute Gasteiger partial charge is 0.127 e. The standard InChI is InChI=1S/C31H32O2/c1-22-8-14-30(20-24(22)3)32-28-16-10-26(11-17-28)6-5-7-27-12-18-29(19-13-27)33-31-15-9-23(2)25(4)21-31/h8-21H,5-7H2,1-4H3. The number of benzene rings is 4. The van der Waals surface area contributed by atoms with Gasteiger partial charge < -0.3 is 9.47 Å². The Morgan fingerprint density at radius 3 is 1.15 bits per heavy atom. The molecule has 0 atom stereocenters. The summed E-state index contributed by atoms with van der Waals surface area (Å²) in [5.74, 6) is 3.52. The van der Waals surface area contributed by atoms with Gasteiger partial charge in [-0.1, -0.05) is 36.4 Å². The van der Waals surface area contributed by atoms with Gasteiger partial charge in [0.15, 0.2) is 0 Å². The maximum atomic E-state index is 6.00. The normalized spacial score (nSPS) is 10.8. The highest BCUT2D eigenvalue weighted by Gasteiger charge is 2.03. The van der Waals surface area contributed by atoms with Crippen LogP contribution >= 0.6 is 0 Å². The summed E-state index contributed by atoms with van der Waals surface area (Å²) >= 11 is 0. The molecule has 0 saturated heterocycles. The van der Waals surface area contributed by atoms with Gasteiger partial charge in [0.1, 0.15) is 23.0 Å². The van der Waals surface area contributed by atoms with E-state index >= 15 is 0 Å². The summed E-state index contributed by atoms with van der Waals surface area (Å²) in [6.45, 7) is 8.44. The first kappa shape index (κ1) is 22.7. The zero-order valence-corrected chi connectivity index (χ0v) is 20.0. The van der Waals surface area contributed by atoms with Gasteiger partial charge in [0, 0.05) is 0 Å². The van der Waals surface area contributed by atoms with Crippen molar-refractivity contribution in [1.82, 2.24) is 0 Å². The molecule has 0 saturated carbocycles. The lowest BCUT2D eigenvalue weighted by atomic mass is 10.0. The van der Waals surface area contributed by atoms with Crippen molar-refractivity contribution < 1.29 is 9.47 Å². The largest absolute Gasteiger partial charge is 0.457 e. The third-order valence-corrected chi connectivity index (χ3v) is 6.21. The maximum absolute atomic E-state index is 6.00. The first-order valence-corrected chi connectivity index (χ1v) is 11.6. The minimum atomic E-state index is 0.876. The second-order valence-electron chi connectivity index (χ2n) is 8.84. The van der Waals surface area contributed by atoms with Crippen LogP contribution in [0.15, 0.2) is 84.9 Å². The highest BCUT2D eigenvalue weighted by atomic mass is 16.5. The van der Waals surface area contributed by atoms with Gasteiger partial charge in [-0.05, 0) is 129 Å². The van der Waals surface area contributed by atoms with Crippen molar-refractivity contribution in [3.05, 3.63) is 118 Å². The predicted molar refractivity (Wildman–Crippen MR) is 137 cm³/mol. The van der Waals surface area contributed by atoms with Crippen LogP contribution in [0.3, 0.4) is 0 Å². The quantitative estimate of drug-likeness (QED) is 0.275. The van der Waals surface area contributed by atoms with E-state index in [0.29, 0.717) is 0 Å². The fraction of sp³-hybridized carbons (Fsp3) is 0.226. The van der Waals surface area contributed by atoms with Crippen LogP contribution in [0.2, 0.25) is 0 Å². The molecule has 168 valence electrons. The molecule has 0 aliphatic carbocycles. The Hall–Kier alpha value is -3.52. The Bertz CT molecular complexity index is 1110. The van der Waals surface area contributed by atoms with E-state index < -0.39 is 0 Å². The molecule has 0 aromatic heterocycles. The van der Waals surface area contributed by atoms with Crippen LogP contribution in [0.4, 0.5) is 0 Å². The number of hydrogen-bond donors (Lipinski definition) is 0. The van der Waals surface area contributed by atoms with Gasteiger partial charge in [0.25, 0.3) is 0 Å². The first-order valence-electron chi connectivity index (χ1n) is 11.6. The Morgan fingerprint density at radius 1 is 0.424 bits per heavy atom. The average Bonchev–Trinajstić information content (AvgIpc) is 2.81. The molecule has 0 aliphatic heterocycles. The van der Waals surface area contributed by atoms with Crippen molar-refractivity contribution in [2.75, 3.05) is 0 Å². The summed E-state index contributed by atoms with van der Waals surface area (Å²) in [5, 5.41) is 0. The van der Waals surface area contributed by atoms with Crippen molar-refractivity contribution in [1.29, 1.82) is 0 Å². The predicted octanol–water partition coefficient (Wildman–Crippen LogP) is 8.68. The summed E-state index contributed by atoms with van der Waals surface area (Å²) in [4.78, 5) is 0. The van der Waals surface area contributed by atoms with E-state index in [1.165, 1.54) is 33.4 Å². The Kier molecular flexibility index (Phi) is 7.14. The maximum Gasteiger partial charge on any atom is 0.127 e. The molecule has 0 unspecified atom stereocenters. The first-order chi connectivity index (χ1) is 16.0. The molecule has 0 aliphatic rings. The van der Waals surface area contributed by atoms with Crippen LogP contribution in [0.5, 0.6) is 23.0 Å². The summed E-state index contributed by atoms with van der Waals surface area (Å²) < 4.78 is 12.0. The van der Waals surface area contributed by atoms with Gasteiger partial charge in [-0.3, -0.25) is 0 Å². The van der Waals surface area contributed by atoms with Crippen LogP contribution in [-0.2, 0) is 12.8 Å². The fourth-order valence-corrected chi connectivity index (χ4v) is 3.77. The number of hydrogen-bond acceptors (Lipinski definition) is 2. The summed E-state index contributed by atoms with van der Waals surface area (Å²) in [6.07, 6.45) is 3.20. The molecule has 4 aromatic carbocycles. The SMILES string of the molecule is Cc1ccc(Oc2ccc(CCCc3ccc(Oc4ccc(C)c(C)c4)cc3)cc2)cc1C. The van der Waals surface area contributed by atoms with Crippen LogP contribution < -0.4 is 9.47 Å². The molecule has 0 radical (unpaired) electrons. The number of rotatable bonds is 8. The molecule has 0 bridgehead atoms. The molecule has 0 fully saturated rings. The van der Waals surface area contributed by atoms with Crippen molar-refractivity contribution in [3.8, 4) is 23.0 Å². The van der Waals surface area contributed by atoms with E-state index in [-0.39, 0.29) is 0 Å². The van der Waals surface area contributed by atoms with Crippen LogP contribution in [0, 0.1) is 27.7 Å². The molecule has 33 heavy (non-hydrogen) atoms. The molecule has 2 heteroatoms. The van der Waals surface area contributed by atoms with E-state index in [4.69, 9.17) is 9.47 Å². The second-order valence-corrected chi connectivity index (χ2v) is 8.84. The zero-order chi connectivity index (χ0) is 23.2. The van der Waals surface area contributed by atoms with Gasteiger partial charge in [0.05, 0.1) is 0 Å². The lowest BCUT2D eigenvalue weighted by molar-refractivity contribution is 0.481. The van der Waals surface area contributed by atoms with E-state index in [1.807, 2.05) is 12.1 Å². The van der Waals surface area contributed by atoms with E-state index in [1.54, 1.807) is 0 Å². The summed E-state index contributed by atoms with van der Waals surface area (Å²) in [6, 6.07) is 29.3. The molecular weight excluding hydrogens is 404 g/mol. The zero-order valence-electron chi connectivity index (χ0n) is 20.0. The third kappa shape index (κ3) is 6.26. The van der Waals surface area contributed by atoms with Gasteiger partial charge in [-0.2, -0.15) is 0 Å². The molecule has 4 rings (SSSR count). The molecule has 0 amide bonds. The monoisotopic (exact) mass is 436 g/mol. The van der Waals surface area contributed by atoms with Crippen molar-refractivity contribution in [2.24, 2.45) is 0 Å². The topological polar surface area (TPSA) is 18.5 Å². The molecule has 0 heterocycles. The Morgan fingerprint density at radius 2 is 0.788 bits per heavy atom. The van der Waals surface area contributed by atoms with Gasteiger partial charge in [-0.25, -0.2) is 0 Å². The minimum Gasteiger partial charge on any atom is -0.457 e. The fourth-order valence-electron chi connectivity index (χ4n) is 3.77. The van der Waals surface area contributed by atoms with E-state index in [9.17, 15) is 0 Å². The number of ether oxygens (including phenoxy) is 2. The number of aryl methyl sites for hydroxylation is 6. The van der Waals surface area contributed by atoms with Crippen molar-refractivity contribution >= 4 is 0 Å². The van der Waals surface area contributed by atoms with Gasteiger partial charge >= 0.3 is 0 Å². The lowest BCUT2D eigenvalue weighted by Crippen LogP contribution is -1.92. The highest BCUT2D eigenvalue weighted by molar-refractivity contribution is 5.39. The van der Waals surface area contributed by atoms with Crippen molar-refractivity contribution in [2.45, 2.75) is 47.0 Å². The van der Waals surface area contributed by atoms with Gasteiger partial charge in [0.2, 0.25) is 0 Å².